The lowest BCUT2D eigenvalue weighted by Crippen LogP contribution is -2.41. The van der Waals surface area contributed by atoms with Gasteiger partial charge in [0.1, 0.15) is 12.3 Å². The summed E-state index contributed by atoms with van der Waals surface area (Å²) in [5.74, 6) is -1.94. The summed E-state index contributed by atoms with van der Waals surface area (Å²) in [4.78, 5) is 33.4. The van der Waals surface area contributed by atoms with E-state index in [2.05, 4.69) is 17.0 Å². The molecule has 2 N–H and O–H groups in total. The molecule has 0 fully saturated rings. The van der Waals surface area contributed by atoms with Gasteiger partial charge in [-0.25, -0.2) is 9.80 Å². The van der Waals surface area contributed by atoms with Crippen LogP contribution in [0.5, 0.6) is 0 Å². The number of nitrogens with one attached hydrogen (secondary N) is 1. The zero-order valence-electron chi connectivity index (χ0n) is 9.18. The van der Waals surface area contributed by atoms with E-state index in [-0.39, 0.29) is 37.6 Å². The molecule has 17 heavy (non-hydrogen) atoms. The summed E-state index contributed by atoms with van der Waals surface area (Å²) < 4.78 is 0. The standard InChI is InChI=1S/C10H13N3O4/c1-2-5-11-8(14)6-13-9(15)4-3-7(12-13)10(16)17/h2H,1,3-6H2,(H,11,14)(H,16,17). The van der Waals surface area contributed by atoms with E-state index in [9.17, 15) is 14.4 Å². The van der Waals surface area contributed by atoms with Crippen LogP contribution in [-0.4, -0.2) is 46.7 Å². The van der Waals surface area contributed by atoms with Crippen LogP contribution in [0.3, 0.4) is 0 Å². The van der Waals surface area contributed by atoms with Gasteiger partial charge in [0, 0.05) is 19.4 Å². The minimum Gasteiger partial charge on any atom is -0.477 e. The van der Waals surface area contributed by atoms with Crippen molar-refractivity contribution in [3.05, 3.63) is 12.7 Å². The second-order valence-electron chi connectivity index (χ2n) is 3.40. The minimum atomic E-state index is -1.17. The third-order valence-electron chi connectivity index (χ3n) is 2.09. The normalized spacial score (nSPS) is 15.2. The molecule has 0 atom stereocenters. The van der Waals surface area contributed by atoms with Gasteiger partial charge >= 0.3 is 5.97 Å². The lowest BCUT2D eigenvalue weighted by atomic mass is 10.2. The molecule has 0 aliphatic carbocycles. The minimum absolute atomic E-state index is 0.0554. The summed E-state index contributed by atoms with van der Waals surface area (Å²) in [5.41, 5.74) is -0.110. The molecule has 0 bridgehead atoms. The Labute approximate surface area is 97.8 Å². The highest BCUT2D eigenvalue weighted by molar-refractivity contribution is 6.36. The van der Waals surface area contributed by atoms with Gasteiger partial charge in [0.2, 0.25) is 11.8 Å². The zero-order chi connectivity index (χ0) is 12.8. The van der Waals surface area contributed by atoms with Crippen LogP contribution in [-0.2, 0) is 14.4 Å². The number of hydrazone groups is 1. The highest BCUT2D eigenvalue weighted by Gasteiger charge is 2.25. The highest BCUT2D eigenvalue weighted by atomic mass is 16.4. The Balaban J connectivity index is 2.64. The van der Waals surface area contributed by atoms with Crippen LogP contribution in [0.2, 0.25) is 0 Å². The number of carboxylic acids is 1. The number of rotatable bonds is 5. The molecule has 0 spiro atoms. The summed E-state index contributed by atoms with van der Waals surface area (Å²) in [6.07, 6.45) is 1.65. The maximum absolute atomic E-state index is 11.4. The summed E-state index contributed by atoms with van der Waals surface area (Å²) in [6.45, 7) is 3.44. The van der Waals surface area contributed by atoms with Crippen molar-refractivity contribution in [2.45, 2.75) is 12.8 Å². The predicted octanol–water partition coefficient (Wildman–Crippen LogP) is -0.648. The van der Waals surface area contributed by atoms with Gasteiger partial charge in [-0.05, 0) is 0 Å². The number of hydrogen-bond donors (Lipinski definition) is 2. The first-order valence-corrected chi connectivity index (χ1v) is 5.03. The molecule has 0 saturated carbocycles. The van der Waals surface area contributed by atoms with Crippen molar-refractivity contribution >= 4 is 23.5 Å². The first-order chi connectivity index (χ1) is 8.04. The third-order valence-corrected chi connectivity index (χ3v) is 2.09. The molecule has 7 nitrogen and oxygen atoms in total. The number of carboxylic acid groups (broad SMARTS) is 1. The molecular weight excluding hydrogens is 226 g/mol. The van der Waals surface area contributed by atoms with Gasteiger partial charge < -0.3 is 10.4 Å². The molecule has 92 valence electrons. The van der Waals surface area contributed by atoms with Crippen LogP contribution in [0, 0.1) is 0 Å². The third kappa shape index (κ3) is 3.71. The molecule has 1 rings (SSSR count). The van der Waals surface area contributed by atoms with Crippen molar-refractivity contribution in [3.8, 4) is 0 Å². The maximum Gasteiger partial charge on any atom is 0.352 e. The van der Waals surface area contributed by atoms with E-state index >= 15 is 0 Å². The molecule has 1 heterocycles. The molecule has 1 aliphatic heterocycles. The second-order valence-corrected chi connectivity index (χ2v) is 3.40. The van der Waals surface area contributed by atoms with Crippen LogP contribution < -0.4 is 5.32 Å². The summed E-state index contributed by atoms with van der Waals surface area (Å²) in [7, 11) is 0. The Bertz CT molecular complexity index is 389. The fraction of sp³-hybridized carbons (Fsp3) is 0.400. The average molecular weight is 239 g/mol. The van der Waals surface area contributed by atoms with E-state index < -0.39 is 11.9 Å². The largest absolute Gasteiger partial charge is 0.477 e. The van der Waals surface area contributed by atoms with Crippen molar-refractivity contribution < 1.29 is 19.5 Å². The fourth-order valence-corrected chi connectivity index (χ4v) is 1.26. The average Bonchev–Trinajstić information content (AvgIpc) is 2.29. The first-order valence-electron chi connectivity index (χ1n) is 5.03. The summed E-state index contributed by atoms with van der Waals surface area (Å²) in [5, 5.41) is 15.7. The van der Waals surface area contributed by atoms with E-state index in [0.717, 1.165) is 5.01 Å². The van der Waals surface area contributed by atoms with Crippen molar-refractivity contribution in [2.24, 2.45) is 5.10 Å². The topological polar surface area (TPSA) is 99.1 Å². The van der Waals surface area contributed by atoms with E-state index in [1.807, 2.05) is 0 Å². The molecule has 7 heteroatoms. The SMILES string of the molecule is C=CCNC(=O)CN1N=C(C(=O)O)CCC1=O. The number of carbonyl (C=O) groups excluding carboxylic acids is 2. The monoisotopic (exact) mass is 239 g/mol. The second kappa shape index (κ2) is 5.78. The van der Waals surface area contributed by atoms with Crippen LogP contribution in [0.15, 0.2) is 17.8 Å². The van der Waals surface area contributed by atoms with E-state index in [1.165, 1.54) is 6.08 Å². The predicted molar refractivity (Wildman–Crippen MR) is 59.2 cm³/mol. The molecule has 0 aromatic carbocycles. The molecule has 0 saturated heterocycles. The van der Waals surface area contributed by atoms with Gasteiger partial charge in [-0.2, -0.15) is 5.10 Å². The van der Waals surface area contributed by atoms with Crippen LogP contribution in [0.25, 0.3) is 0 Å². The van der Waals surface area contributed by atoms with E-state index in [4.69, 9.17) is 5.11 Å². The van der Waals surface area contributed by atoms with Crippen molar-refractivity contribution in [1.82, 2.24) is 10.3 Å². The van der Waals surface area contributed by atoms with Gasteiger partial charge in [-0.1, -0.05) is 6.08 Å². The van der Waals surface area contributed by atoms with Gasteiger partial charge in [0.15, 0.2) is 0 Å². The Morgan fingerprint density at radius 3 is 2.82 bits per heavy atom. The van der Waals surface area contributed by atoms with E-state index in [1.54, 1.807) is 0 Å². The van der Waals surface area contributed by atoms with Gasteiger partial charge in [-0.3, -0.25) is 9.59 Å². The van der Waals surface area contributed by atoms with Gasteiger partial charge in [0.05, 0.1) is 0 Å². The first kappa shape index (κ1) is 12.9. The molecule has 0 aromatic rings. The van der Waals surface area contributed by atoms with Crippen LogP contribution in [0.1, 0.15) is 12.8 Å². The number of hydrogen-bond acceptors (Lipinski definition) is 4. The molecular formula is C10H13N3O4. The Morgan fingerprint density at radius 2 is 2.24 bits per heavy atom. The Kier molecular flexibility index (Phi) is 4.38. The van der Waals surface area contributed by atoms with Crippen LogP contribution >= 0.6 is 0 Å². The summed E-state index contributed by atoms with van der Waals surface area (Å²) >= 11 is 0. The Morgan fingerprint density at radius 1 is 1.53 bits per heavy atom. The van der Waals surface area contributed by atoms with Crippen molar-refractivity contribution in [3.63, 3.8) is 0 Å². The quantitative estimate of drug-likeness (QED) is 0.623. The molecule has 1 aliphatic rings. The zero-order valence-corrected chi connectivity index (χ0v) is 9.18. The molecule has 0 unspecified atom stereocenters. The molecule has 0 aromatic heterocycles. The lowest BCUT2D eigenvalue weighted by Gasteiger charge is -2.21. The highest BCUT2D eigenvalue weighted by Crippen LogP contribution is 2.08. The smallest absolute Gasteiger partial charge is 0.352 e. The van der Waals surface area contributed by atoms with E-state index in [0.29, 0.717) is 0 Å². The number of aliphatic carboxylic acids is 1. The number of carbonyl (C=O) groups is 3. The maximum atomic E-state index is 11.4. The fourth-order valence-electron chi connectivity index (χ4n) is 1.26. The number of nitrogens with zero attached hydrogens (tertiary/aromatic N) is 2. The lowest BCUT2D eigenvalue weighted by molar-refractivity contribution is -0.137. The van der Waals surface area contributed by atoms with Crippen LogP contribution in [0.4, 0.5) is 0 Å². The summed E-state index contributed by atoms with van der Waals surface area (Å²) in [6, 6.07) is 0. The Hall–Kier alpha value is -2.18. The molecule has 2 amide bonds. The van der Waals surface area contributed by atoms with Crippen molar-refractivity contribution in [1.29, 1.82) is 0 Å². The van der Waals surface area contributed by atoms with Crippen molar-refractivity contribution in [2.75, 3.05) is 13.1 Å². The van der Waals surface area contributed by atoms with Gasteiger partial charge in [0.25, 0.3) is 0 Å². The van der Waals surface area contributed by atoms with Gasteiger partial charge in [-0.15, -0.1) is 6.58 Å². The number of amides is 2. The molecule has 0 radical (unpaired) electrons.